The number of carbonyl (C=O) groups is 1. The number of ether oxygens (including phenoxy) is 1. The molecular formula is C20H22N4O3. The molecule has 4 rings (SSSR count). The molecule has 0 unspecified atom stereocenters. The zero-order valence-corrected chi connectivity index (χ0v) is 15.2. The van der Waals surface area contributed by atoms with Crippen LogP contribution in [0.2, 0.25) is 0 Å². The molecule has 27 heavy (non-hydrogen) atoms. The number of nitrogens with zero attached hydrogens (tertiary/aromatic N) is 3. The summed E-state index contributed by atoms with van der Waals surface area (Å²) in [5.74, 6) is 0.233. The topological polar surface area (TPSA) is 89.3 Å². The minimum absolute atomic E-state index is 0.00143. The molecule has 1 fully saturated rings. The van der Waals surface area contributed by atoms with Crippen molar-refractivity contribution in [3.63, 3.8) is 0 Å². The van der Waals surface area contributed by atoms with Gasteiger partial charge in [0.2, 0.25) is 0 Å². The van der Waals surface area contributed by atoms with Crippen LogP contribution in [0.4, 0.5) is 5.82 Å². The lowest BCUT2D eigenvalue weighted by Gasteiger charge is -2.18. The summed E-state index contributed by atoms with van der Waals surface area (Å²) < 4.78 is 7.85. The molecule has 1 aliphatic rings. The molecule has 1 saturated heterocycles. The Hall–Kier alpha value is -2.77. The van der Waals surface area contributed by atoms with E-state index in [4.69, 9.17) is 4.74 Å². The van der Waals surface area contributed by atoms with E-state index in [-0.39, 0.29) is 17.9 Å². The van der Waals surface area contributed by atoms with E-state index >= 15 is 0 Å². The first-order valence-electron chi connectivity index (χ1n) is 9.11. The Bertz CT molecular complexity index is 956. The van der Waals surface area contributed by atoms with Crippen molar-refractivity contribution < 1.29 is 14.6 Å². The summed E-state index contributed by atoms with van der Waals surface area (Å²) in [6, 6.07) is 10.8. The van der Waals surface area contributed by atoms with Gasteiger partial charge in [-0.25, -0.2) is 9.97 Å². The van der Waals surface area contributed by atoms with Gasteiger partial charge in [-0.15, -0.1) is 0 Å². The Morgan fingerprint density at radius 3 is 2.74 bits per heavy atom. The molecule has 3 aromatic rings. The van der Waals surface area contributed by atoms with Crippen LogP contribution in [0.5, 0.6) is 0 Å². The number of rotatable bonds is 4. The second-order valence-electron chi connectivity index (χ2n) is 6.83. The summed E-state index contributed by atoms with van der Waals surface area (Å²) >= 11 is 0. The molecule has 2 N–H and O–H groups in total. The van der Waals surface area contributed by atoms with Crippen LogP contribution in [-0.2, 0) is 4.74 Å². The number of nitrogens with one attached hydrogen (secondary N) is 1. The zero-order chi connectivity index (χ0) is 19.0. The van der Waals surface area contributed by atoms with Crippen molar-refractivity contribution in [2.24, 2.45) is 5.92 Å². The first kappa shape index (κ1) is 17.6. The molecule has 140 valence electrons. The van der Waals surface area contributed by atoms with Crippen molar-refractivity contribution in [3.8, 4) is 0 Å². The molecule has 7 nitrogen and oxygen atoms in total. The second-order valence-corrected chi connectivity index (χ2v) is 6.83. The highest BCUT2D eigenvalue weighted by Crippen LogP contribution is 2.37. The molecule has 1 amide bonds. The number of amides is 1. The standard InChI is InChI=1S/C20H22N4O3/c1-3-15-12(2)16(25)20(27-15)24-10-9-14-17(21-11-22-18(14)24)23-19(26)13-7-5-4-6-8-13/h4-12,15-16,20,25H,3H2,1-2H3,(H,21,22,23,26)/t12-,15-,16-,20-/m1/s1. The molecule has 7 heteroatoms. The lowest BCUT2D eigenvalue weighted by Crippen LogP contribution is -2.24. The third-order valence-corrected chi connectivity index (χ3v) is 5.19. The van der Waals surface area contributed by atoms with Gasteiger partial charge in [0.15, 0.2) is 6.23 Å². The molecular weight excluding hydrogens is 344 g/mol. The van der Waals surface area contributed by atoms with E-state index in [1.165, 1.54) is 6.33 Å². The lowest BCUT2D eigenvalue weighted by atomic mass is 9.99. The number of anilines is 1. The van der Waals surface area contributed by atoms with E-state index in [1.807, 2.05) is 48.9 Å². The third kappa shape index (κ3) is 3.09. The molecule has 1 aromatic carbocycles. The van der Waals surface area contributed by atoms with Crippen LogP contribution in [0, 0.1) is 5.92 Å². The summed E-state index contributed by atoms with van der Waals surface area (Å²) in [5, 5.41) is 14.1. The van der Waals surface area contributed by atoms with Crippen LogP contribution in [-0.4, -0.2) is 37.8 Å². The Labute approximate surface area is 157 Å². The van der Waals surface area contributed by atoms with E-state index < -0.39 is 12.3 Å². The predicted molar refractivity (Wildman–Crippen MR) is 101 cm³/mol. The van der Waals surface area contributed by atoms with Crippen molar-refractivity contribution >= 4 is 22.8 Å². The van der Waals surface area contributed by atoms with E-state index in [9.17, 15) is 9.90 Å². The monoisotopic (exact) mass is 366 g/mol. The molecule has 0 bridgehead atoms. The highest BCUT2D eigenvalue weighted by molar-refractivity contribution is 6.07. The molecule has 0 radical (unpaired) electrons. The lowest BCUT2D eigenvalue weighted by molar-refractivity contribution is -0.0352. The number of benzene rings is 1. The SMILES string of the molecule is CC[C@H]1O[C@@H](n2ccc3c(NC(=O)c4ccccc4)ncnc32)[C@H](O)[C@@H]1C. The van der Waals surface area contributed by atoms with Gasteiger partial charge in [-0.3, -0.25) is 4.79 Å². The summed E-state index contributed by atoms with van der Waals surface area (Å²) in [6.45, 7) is 4.04. The van der Waals surface area contributed by atoms with Gasteiger partial charge in [0.05, 0.1) is 11.5 Å². The average molecular weight is 366 g/mol. The van der Waals surface area contributed by atoms with E-state index in [0.717, 1.165) is 6.42 Å². The Morgan fingerprint density at radius 2 is 2.04 bits per heavy atom. The summed E-state index contributed by atoms with van der Waals surface area (Å²) in [5.41, 5.74) is 1.17. The highest BCUT2D eigenvalue weighted by atomic mass is 16.5. The maximum atomic E-state index is 12.5. The molecule has 0 saturated carbocycles. The highest BCUT2D eigenvalue weighted by Gasteiger charge is 2.41. The first-order valence-corrected chi connectivity index (χ1v) is 9.11. The van der Waals surface area contributed by atoms with E-state index in [1.54, 1.807) is 12.1 Å². The Morgan fingerprint density at radius 1 is 1.26 bits per heavy atom. The fourth-order valence-corrected chi connectivity index (χ4v) is 3.61. The van der Waals surface area contributed by atoms with Gasteiger partial charge in [-0.1, -0.05) is 32.0 Å². The van der Waals surface area contributed by atoms with E-state index in [0.29, 0.717) is 22.4 Å². The molecule has 0 spiro atoms. The summed E-state index contributed by atoms with van der Waals surface area (Å²) in [4.78, 5) is 21.0. The second kappa shape index (κ2) is 7.09. The van der Waals surface area contributed by atoms with Crippen molar-refractivity contribution in [2.75, 3.05) is 5.32 Å². The maximum absolute atomic E-state index is 12.5. The van der Waals surface area contributed by atoms with Crippen molar-refractivity contribution in [1.29, 1.82) is 0 Å². The van der Waals surface area contributed by atoms with Crippen LogP contribution < -0.4 is 5.32 Å². The quantitative estimate of drug-likeness (QED) is 0.741. The van der Waals surface area contributed by atoms with Crippen LogP contribution in [0.25, 0.3) is 11.0 Å². The van der Waals surface area contributed by atoms with Crippen LogP contribution in [0.3, 0.4) is 0 Å². The number of aliphatic hydroxyl groups is 1. The Kier molecular flexibility index (Phi) is 4.63. The normalized spacial score (nSPS) is 25.0. The fourth-order valence-electron chi connectivity index (χ4n) is 3.61. The van der Waals surface area contributed by atoms with Crippen molar-refractivity contribution in [1.82, 2.24) is 14.5 Å². The minimum atomic E-state index is -0.622. The fraction of sp³-hybridized carbons (Fsp3) is 0.350. The van der Waals surface area contributed by atoms with Crippen molar-refractivity contribution in [3.05, 3.63) is 54.5 Å². The molecule has 4 atom stereocenters. The minimum Gasteiger partial charge on any atom is -0.388 e. The first-order chi connectivity index (χ1) is 13.1. The van der Waals surface area contributed by atoms with Crippen LogP contribution in [0.15, 0.2) is 48.9 Å². The summed E-state index contributed by atoms with van der Waals surface area (Å²) in [7, 11) is 0. The van der Waals surface area contributed by atoms with Crippen LogP contribution in [0.1, 0.15) is 36.9 Å². The van der Waals surface area contributed by atoms with Crippen molar-refractivity contribution in [2.45, 2.75) is 38.7 Å². The molecule has 3 heterocycles. The van der Waals surface area contributed by atoms with Gasteiger partial charge < -0.3 is 19.7 Å². The maximum Gasteiger partial charge on any atom is 0.256 e. The largest absolute Gasteiger partial charge is 0.388 e. The number of aliphatic hydroxyl groups excluding tert-OH is 1. The number of hydrogen-bond donors (Lipinski definition) is 2. The van der Waals surface area contributed by atoms with Crippen LogP contribution >= 0.6 is 0 Å². The number of fused-ring (bicyclic) bond motifs is 1. The number of carbonyl (C=O) groups excluding carboxylic acids is 1. The molecule has 0 aliphatic carbocycles. The van der Waals surface area contributed by atoms with Gasteiger partial charge >= 0.3 is 0 Å². The van der Waals surface area contributed by atoms with Gasteiger partial charge in [-0.05, 0) is 24.6 Å². The van der Waals surface area contributed by atoms with Gasteiger partial charge in [0.1, 0.15) is 23.9 Å². The number of hydrogen-bond acceptors (Lipinski definition) is 5. The molecule has 2 aromatic heterocycles. The smallest absolute Gasteiger partial charge is 0.256 e. The average Bonchev–Trinajstić information content (AvgIpc) is 3.25. The molecule has 1 aliphatic heterocycles. The number of aromatic nitrogens is 3. The third-order valence-electron chi connectivity index (χ3n) is 5.19. The predicted octanol–water partition coefficient (Wildman–Crippen LogP) is 2.99. The Balaban J connectivity index is 1.65. The summed E-state index contributed by atoms with van der Waals surface area (Å²) in [6.07, 6.45) is 2.93. The van der Waals surface area contributed by atoms with E-state index in [2.05, 4.69) is 15.3 Å². The zero-order valence-electron chi connectivity index (χ0n) is 15.2. The van der Waals surface area contributed by atoms with Gasteiger partial charge in [0.25, 0.3) is 5.91 Å². The van der Waals surface area contributed by atoms with Gasteiger partial charge in [0, 0.05) is 17.7 Å². The van der Waals surface area contributed by atoms with Gasteiger partial charge in [-0.2, -0.15) is 0 Å².